The molecule has 2 aromatic rings. The third-order valence-electron chi connectivity index (χ3n) is 5.16. The quantitative estimate of drug-likeness (QED) is 0.395. The molecule has 1 aliphatic rings. The number of ether oxygens (including phenoxy) is 3. The van der Waals surface area contributed by atoms with E-state index in [-0.39, 0.29) is 16.4 Å². The van der Waals surface area contributed by atoms with Crippen LogP contribution in [0, 0.1) is 10.1 Å². The number of nitro benzene ring substituents is 1. The molecule has 1 aliphatic heterocycles. The summed E-state index contributed by atoms with van der Waals surface area (Å²) >= 11 is 5.43. The smallest absolute Gasteiger partial charge is 0.296 e. The molecule has 0 aromatic heterocycles. The summed E-state index contributed by atoms with van der Waals surface area (Å²) in [6.45, 7) is 1.99. The van der Waals surface area contributed by atoms with Gasteiger partial charge in [-0.3, -0.25) is 20.2 Å². The van der Waals surface area contributed by atoms with Gasteiger partial charge in [0.1, 0.15) is 28.5 Å². The van der Waals surface area contributed by atoms with E-state index in [0.717, 1.165) is 0 Å². The fourth-order valence-electron chi connectivity index (χ4n) is 3.51. The van der Waals surface area contributed by atoms with Crippen LogP contribution in [0.25, 0.3) is 0 Å². The summed E-state index contributed by atoms with van der Waals surface area (Å²) in [6.07, 6.45) is 0. The van der Waals surface area contributed by atoms with Gasteiger partial charge in [-0.15, -0.1) is 0 Å². The Hall–Kier alpha value is -3.60. The molecule has 1 heterocycles. The summed E-state index contributed by atoms with van der Waals surface area (Å²) in [5, 5.41) is 14.5. The van der Waals surface area contributed by atoms with Gasteiger partial charge in [0.15, 0.2) is 5.11 Å². The third-order valence-corrected chi connectivity index (χ3v) is 5.52. The summed E-state index contributed by atoms with van der Waals surface area (Å²) in [5.74, 6) is 0.745. The molecule has 0 unspecified atom stereocenters. The first-order valence-corrected chi connectivity index (χ1v) is 10.2. The molecule has 10 nitrogen and oxygen atoms in total. The summed E-state index contributed by atoms with van der Waals surface area (Å²) in [5.41, 5.74) is 0.758. The molecule has 0 radical (unpaired) electrons. The maximum Gasteiger partial charge on any atom is 0.296 e. The molecule has 32 heavy (non-hydrogen) atoms. The van der Waals surface area contributed by atoms with Gasteiger partial charge in [0.05, 0.1) is 32.3 Å². The molecule has 0 bridgehead atoms. The number of nitro groups is 1. The van der Waals surface area contributed by atoms with Crippen molar-refractivity contribution >= 4 is 34.6 Å². The Morgan fingerprint density at radius 2 is 1.66 bits per heavy atom. The van der Waals surface area contributed by atoms with Gasteiger partial charge in [0.25, 0.3) is 11.6 Å². The van der Waals surface area contributed by atoms with Crippen molar-refractivity contribution in [2.75, 3.05) is 52.4 Å². The maximum atomic E-state index is 12.8. The van der Waals surface area contributed by atoms with Crippen LogP contribution in [0.4, 0.5) is 11.4 Å². The summed E-state index contributed by atoms with van der Waals surface area (Å²) in [6, 6.07) is 9.85. The van der Waals surface area contributed by atoms with Crippen molar-refractivity contribution < 1.29 is 23.9 Å². The second-order valence-corrected chi connectivity index (χ2v) is 7.27. The largest absolute Gasteiger partial charge is 0.496 e. The van der Waals surface area contributed by atoms with E-state index in [1.807, 2.05) is 9.80 Å². The number of benzene rings is 2. The van der Waals surface area contributed by atoms with E-state index >= 15 is 0 Å². The number of amides is 1. The summed E-state index contributed by atoms with van der Waals surface area (Å²) in [7, 11) is 4.41. The average Bonchev–Trinajstić information content (AvgIpc) is 2.82. The lowest BCUT2D eigenvalue weighted by Gasteiger charge is -2.37. The lowest BCUT2D eigenvalue weighted by molar-refractivity contribution is -0.384. The second kappa shape index (κ2) is 10.1. The molecule has 2 aromatic carbocycles. The monoisotopic (exact) mass is 460 g/mol. The predicted molar refractivity (Wildman–Crippen MR) is 123 cm³/mol. The molecule has 0 aliphatic carbocycles. The van der Waals surface area contributed by atoms with E-state index in [2.05, 4.69) is 5.32 Å². The zero-order valence-corrected chi connectivity index (χ0v) is 18.8. The average molecular weight is 461 g/mol. The molecule has 1 amide bonds. The molecule has 1 saturated heterocycles. The summed E-state index contributed by atoms with van der Waals surface area (Å²) in [4.78, 5) is 27.7. The lowest BCUT2D eigenvalue weighted by atomic mass is 10.1. The van der Waals surface area contributed by atoms with Crippen molar-refractivity contribution in [2.45, 2.75) is 0 Å². The number of hydrogen-bond acceptors (Lipinski definition) is 8. The highest BCUT2D eigenvalue weighted by atomic mass is 32.1. The van der Waals surface area contributed by atoms with Crippen LogP contribution in [0.2, 0.25) is 0 Å². The normalized spacial score (nSPS) is 13.3. The van der Waals surface area contributed by atoms with E-state index in [0.29, 0.717) is 49.1 Å². The van der Waals surface area contributed by atoms with Crippen LogP contribution in [0.15, 0.2) is 36.4 Å². The number of carbonyl (C=O) groups excluding carboxylic acids is 1. The van der Waals surface area contributed by atoms with Crippen molar-refractivity contribution in [1.82, 2.24) is 10.2 Å². The highest BCUT2D eigenvalue weighted by Gasteiger charge is 2.27. The van der Waals surface area contributed by atoms with Gasteiger partial charge < -0.3 is 24.0 Å². The number of nitrogens with one attached hydrogen (secondary N) is 1. The first-order valence-electron chi connectivity index (χ1n) is 9.78. The maximum absolute atomic E-state index is 12.8. The highest BCUT2D eigenvalue weighted by Crippen LogP contribution is 2.33. The number of thiocarbonyl (C=S) groups is 1. The fourth-order valence-corrected chi connectivity index (χ4v) is 3.78. The Balaban J connectivity index is 1.67. The predicted octanol–water partition coefficient (Wildman–Crippen LogP) is 2.46. The van der Waals surface area contributed by atoms with E-state index in [9.17, 15) is 14.9 Å². The highest BCUT2D eigenvalue weighted by molar-refractivity contribution is 7.80. The lowest BCUT2D eigenvalue weighted by Crippen LogP contribution is -2.52. The molecule has 0 atom stereocenters. The van der Waals surface area contributed by atoms with E-state index < -0.39 is 10.8 Å². The van der Waals surface area contributed by atoms with Crippen LogP contribution in [0.1, 0.15) is 10.4 Å². The zero-order valence-electron chi connectivity index (χ0n) is 18.0. The van der Waals surface area contributed by atoms with Gasteiger partial charge in [-0.2, -0.15) is 0 Å². The number of piperazine rings is 1. The Kier molecular flexibility index (Phi) is 7.31. The van der Waals surface area contributed by atoms with Gasteiger partial charge in [-0.25, -0.2) is 0 Å². The number of rotatable bonds is 6. The molecule has 11 heteroatoms. The van der Waals surface area contributed by atoms with Crippen molar-refractivity contribution in [3.63, 3.8) is 0 Å². The van der Waals surface area contributed by atoms with Gasteiger partial charge in [-0.05, 0) is 36.5 Å². The summed E-state index contributed by atoms with van der Waals surface area (Å²) < 4.78 is 15.7. The van der Waals surface area contributed by atoms with E-state index in [1.165, 1.54) is 27.4 Å². The van der Waals surface area contributed by atoms with Crippen LogP contribution >= 0.6 is 12.2 Å². The van der Waals surface area contributed by atoms with Crippen molar-refractivity contribution in [3.8, 4) is 17.2 Å². The molecule has 1 N–H and O–H groups in total. The Bertz CT molecular complexity index is 1000. The van der Waals surface area contributed by atoms with Crippen LogP contribution in [0.3, 0.4) is 0 Å². The van der Waals surface area contributed by atoms with Gasteiger partial charge >= 0.3 is 0 Å². The zero-order chi connectivity index (χ0) is 23.3. The van der Waals surface area contributed by atoms with Crippen LogP contribution in [-0.2, 0) is 0 Å². The standard InChI is InChI=1S/C21H24N4O6S/c1-29-14-7-8-15(16(13-14)25(27)28)23-9-11-24(12-10-23)21(32)22-20(26)19-17(30-2)5-4-6-18(19)31-3/h4-8,13H,9-12H2,1-3H3,(H,22,26,32). The number of anilines is 1. The molecule has 3 rings (SSSR count). The third kappa shape index (κ3) is 4.83. The van der Waals surface area contributed by atoms with E-state index in [4.69, 9.17) is 26.4 Å². The minimum Gasteiger partial charge on any atom is -0.496 e. The number of hydrogen-bond donors (Lipinski definition) is 1. The fraction of sp³-hybridized carbons (Fsp3) is 0.333. The molecule has 170 valence electrons. The molecular weight excluding hydrogens is 436 g/mol. The molecular formula is C21H24N4O6S. The first kappa shape index (κ1) is 23.1. The SMILES string of the molecule is COc1ccc(N2CCN(C(=S)NC(=O)c3c(OC)cccc3OC)CC2)c([N+](=O)[O-])c1. The van der Waals surface area contributed by atoms with Crippen LogP contribution in [0.5, 0.6) is 17.2 Å². The van der Waals surface area contributed by atoms with Crippen molar-refractivity contribution in [1.29, 1.82) is 0 Å². The minimum absolute atomic E-state index is 0.0167. The van der Waals surface area contributed by atoms with Gasteiger partial charge in [0, 0.05) is 26.2 Å². The molecule has 1 fully saturated rings. The minimum atomic E-state index is -0.433. The number of nitrogens with zero attached hydrogens (tertiary/aromatic N) is 3. The van der Waals surface area contributed by atoms with E-state index in [1.54, 1.807) is 30.3 Å². The molecule has 0 spiro atoms. The van der Waals surface area contributed by atoms with Gasteiger partial charge in [0.2, 0.25) is 0 Å². The van der Waals surface area contributed by atoms with Crippen LogP contribution < -0.4 is 24.4 Å². The van der Waals surface area contributed by atoms with Crippen LogP contribution in [-0.4, -0.2) is 68.4 Å². The van der Waals surface area contributed by atoms with Crippen molar-refractivity contribution in [2.24, 2.45) is 0 Å². The topological polar surface area (TPSA) is 106 Å². The number of carbonyl (C=O) groups is 1. The Labute approximate surface area is 190 Å². The second-order valence-electron chi connectivity index (χ2n) is 6.88. The Morgan fingerprint density at radius 3 is 2.19 bits per heavy atom. The Morgan fingerprint density at radius 1 is 1.03 bits per heavy atom. The molecule has 0 saturated carbocycles. The first-order chi connectivity index (χ1) is 15.4. The van der Waals surface area contributed by atoms with Crippen molar-refractivity contribution in [3.05, 3.63) is 52.1 Å². The number of methoxy groups -OCH3 is 3. The van der Waals surface area contributed by atoms with Gasteiger partial charge in [-0.1, -0.05) is 6.07 Å².